The standard InChI is InChI=1S/C17H20N6O4.C2H6/c1-3-12(2)8-18-11-22-16(25)15-13(19-4-5-21-15)10-27-17(26)23-7-6-20-14(24)9-23;1-2/h3-5,8,11H,1,6-7,9-10H2,2H3,(H,20,24)(H,18,22,25);1-2H3/b12-8-;. The third kappa shape index (κ3) is 7.91. The Kier molecular flexibility index (Phi) is 10.3. The van der Waals surface area contributed by atoms with Crippen LogP contribution in [0.15, 0.2) is 41.8 Å². The van der Waals surface area contributed by atoms with Gasteiger partial charge in [-0.1, -0.05) is 26.5 Å². The summed E-state index contributed by atoms with van der Waals surface area (Å²) in [5, 5.41) is 5.07. The molecule has 1 aromatic rings. The van der Waals surface area contributed by atoms with Crippen LogP contribution < -0.4 is 10.6 Å². The van der Waals surface area contributed by atoms with Gasteiger partial charge in [-0.3, -0.25) is 19.5 Å². The number of nitrogens with zero attached hydrogens (tertiary/aromatic N) is 4. The minimum Gasteiger partial charge on any atom is -0.443 e. The van der Waals surface area contributed by atoms with E-state index in [0.717, 1.165) is 5.57 Å². The van der Waals surface area contributed by atoms with Crippen molar-refractivity contribution in [2.24, 2.45) is 4.99 Å². The van der Waals surface area contributed by atoms with Gasteiger partial charge in [-0.05, 0) is 12.5 Å². The number of rotatable bonds is 6. The molecule has 0 spiro atoms. The van der Waals surface area contributed by atoms with Crippen molar-refractivity contribution in [1.29, 1.82) is 0 Å². The maximum absolute atomic E-state index is 12.2. The van der Waals surface area contributed by atoms with E-state index in [2.05, 4.69) is 32.2 Å². The smallest absolute Gasteiger partial charge is 0.410 e. The van der Waals surface area contributed by atoms with Crippen molar-refractivity contribution in [2.45, 2.75) is 27.4 Å². The lowest BCUT2D eigenvalue weighted by molar-refractivity contribution is -0.123. The quantitative estimate of drug-likeness (QED) is 0.421. The minimum atomic E-state index is -0.659. The third-order valence-electron chi connectivity index (χ3n) is 3.49. The van der Waals surface area contributed by atoms with Gasteiger partial charge in [-0.2, -0.15) is 0 Å². The molecule has 0 aromatic carbocycles. The molecular weight excluding hydrogens is 376 g/mol. The van der Waals surface area contributed by atoms with Crippen LogP contribution in [0.1, 0.15) is 37.0 Å². The summed E-state index contributed by atoms with van der Waals surface area (Å²) in [7, 11) is 0. The zero-order chi connectivity index (χ0) is 21.6. The zero-order valence-electron chi connectivity index (χ0n) is 16.8. The molecule has 1 aliphatic heterocycles. The SMILES string of the molecule is C=C/C(C)=C\N=CNC(=O)c1nccnc1COC(=O)N1CCNC(=O)C1.CC. The minimum absolute atomic E-state index is 0.0116. The van der Waals surface area contributed by atoms with Crippen molar-refractivity contribution >= 4 is 24.2 Å². The lowest BCUT2D eigenvalue weighted by atomic mass is 10.3. The Morgan fingerprint density at radius 1 is 1.38 bits per heavy atom. The molecule has 0 bridgehead atoms. The average Bonchev–Trinajstić information content (AvgIpc) is 2.76. The Bertz CT molecular complexity index is 791. The molecule has 0 saturated carbocycles. The van der Waals surface area contributed by atoms with Crippen LogP contribution in [0.25, 0.3) is 0 Å². The van der Waals surface area contributed by atoms with E-state index in [0.29, 0.717) is 13.1 Å². The molecule has 2 rings (SSSR count). The molecule has 0 aliphatic carbocycles. The molecule has 10 heteroatoms. The number of carbonyl (C=O) groups is 3. The van der Waals surface area contributed by atoms with Crippen LogP contribution >= 0.6 is 0 Å². The van der Waals surface area contributed by atoms with Crippen LogP contribution in [0.4, 0.5) is 4.79 Å². The first-order valence-electron chi connectivity index (χ1n) is 9.11. The number of ether oxygens (including phenoxy) is 1. The molecular formula is C19H26N6O4. The Balaban J connectivity index is 0.00000204. The van der Waals surface area contributed by atoms with Gasteiger partial charge in [0.15, 0.2) is 5.69 Å². The van der Waals surface area contributed by atoms with Gasteiger partial charge in [0, 0.05) is 31.7 Å². The maximum Gasteiger partial charge on any atom is 0.410 e. The van der Waals surface area contributed by atoms with Gasteiger partial charge in [0.2, 0.25) is 5.91 Å². The topological polar surface area (TPSA) is 126 Å². The van der Waals surface area contributed by atoms with Crippen LogP contribution in [-0.4, -0.2) is 58.7 Å². The molecule has 0 unspecified atom stereocenters. The summed E-state index contributed by atoms with van der Waals surface area (Å²) in [6.07, 6.45) is 6.45. The molecule has 0 radical (unpaired) electrons. The van der Waals surface area contributed by atoms with E-state index < -0.39 is 12.0 Å². The highest BCUT2D eigenvalue weighted by Crippen LogP contribution is 2.06. The molecule has 10 nitrogen and oxygen atoms in total. The van der Waals surface area contributed by atoms with Crippen LogP contribution in [-0.2, 0) is 16.1 Å². The van der Waals surface area contributed by atoms with Gasteiger partial charge in [0.05, 0.1) is 6.34 Å². The number of aliphatic imine (C=N–C) groups is 1. The first-order chi connectivity index (χ1) is 14.0. The van der Waals surface area contributed by atoms with E-state index in [1.807, 2.05) is 20.8 Å². The van der Waals surface area contributed by atoms with Crippen LogP contribution in [0.2, 0.25) is 0 Å². The Hall–Kier alpha value is -3.56. The summed E-state index contributed by atoms with van der Waals surface area (Å²) in [6.45, 7) is 9.81. The number of hydrogen-bond donors (Lipinski definition) is 2. The molecule has 0 atom stereocenters. The van der Waals surface area contributed by atoms with Gasteiger partial charge in [0.1, 0.15) is 18.8 Å². The highest BCUT2D eigenvalue weighted by molar-refractivity contribution is 5.99. The van der Waals surface area contributed by atoms with Gasteiger partial charge < -0.3 is 15.4 Å². The van der Waals surface area contributed by atoms with Crippen molar-refractivity contribution in [3.63, 3.8) is 0 Å². The predicted molar refractivity (Wildman–Crippen MR) is 108 cm³/mol. The number of amides is 3. The fourth-order valence-corrected chi connectivity index (χ4v) is 2.05. The van der Waals surface area contributed by atoms with E-state index in [1.54, 1.807) is 6.08 Å². The Morgan fingerprint density at radius 3 is 2.79 bits per heavy atom. The number of hydrogen-bond acceptors (Lipinski definition) is 7. The lowest BCUT2D eigenvalue weighted by Gasteiger charge is -2.25. The first kappa shape index (κ1) is 23.5. The third-order valence-corrected chi connectivity index (χ3v) is 3.49. The highest BCUT2D eigenvalue weighted by atomic mass is 16.6. The van der Waals surface area contributed by atoms with Gasteiger partial charge >= 0.3 is 6.09 Å². The highest BCUT2D eigenvalue weighted by Gasteiger charge is 2.23. The van der Waals surface area contributed by atoms with Crippen LogP contribution in [0, 0.1) is 0 Å². The predicted octanol–water partition coefficient (Wildman–Crippen LogP) is 1.42. The summed E-state index contributed by atoms with van der Waals surface area (Å²) in [6, 6.07) is 0. The number of aromatic nitrogens is 2. The second-order valence-electron chi connectivity index (χ2n) is 5.51. The first-order valence-corrected chi connectivity index (χ1v) is 9.11. The summed E-state index contributed by atoms with van der Waals surface area (Å²) >= 11 is 0. The fraction of sp³-hybridized carbons (Fsp3) is 0.368. The molecule has 2 heterocycles. The number of piperazine rings is 1. The number of carbonyl (C=O) groups excluding carboxylic acids is 3. The molecule has 29 heavy (non-hydrogen) atoms. The van der Waals surface area contributed by atoms with Crippen molar-refractivity contribution in [3.05, 3.63) is 48.2 Å². The van der Waals surface area contributed by atoms with Crippen molar-refractivity contribution in [2.75, 3.05) is 19.6 Å². The summed E-state index contributed by atoms with van der Waals surface area (Å²) in [5.74, 6) is -0.794. The molecule has 156 valence electrons. The van der Waals surface area contributed by atoms with E-state index in [1.165, 1.54) is 29.8 Å². The second-order valence-corrected chi connectivity index (χ2v) is 5.51. The second kappa shape index (κ2) is 12.8. The zero-order valence-corrected chi connectivity index (χ0v) is 16.8. The molecule has 2 N–H and O–H groups in total. The van der Waals surface area contributed by atoms with Crippen LogP contribution in [0.3, 0.4) is 0 Å². The number of nitrogens with one attached hydrogen (secondary N) is 2. The summed E-state index contributed by atoms with van der Waals surface area (Å²) in [4.78, 5) is 48.8. The lowest BCUT2D eigenvalue weighted by Crippen LogP contribution is -2.50. The summed E-state index contributed by atoms with van der Waals surface area (Å²) < 4.78 is 5.15. The van der Waals surface area contributed by atoms with E-state index >= 15 is 0 Å². The Labute approximate surface area is 169 Å². The molecule has 3 amide bonds. The molecule has 1 fully saturated rings. The normalized spacial score (nSPS) is 13.8. The van der Waals surface area contributed by atoms with E-state index in [4.69, 9.17) is 4.74 Å². The number of allylic oxidation sites excluding steroid dienone is 2. The van der Waals surface area contributed by atoms with Gasteiger partial charge in [-0.15, -0.1) is 0 Å². The van der Waals surface area contributed by atoms with E-state index in [-0.39, 0.29) is 30.4 Å². The van der Waals surface area contributed by atoms with Crippen molar-refractivity contribution in [3.8, 4) is 0 Å². The molecule has 1 aliphatic rings. The fourth-order valence-electron chi connectivity index (χ4n) is 2.05. The molecule has 1 aromatic heterocycles. The largest absolute Gasteiger partial charge is 0.443 e. The summed E-state index contributed by atoms with van der Waals surface area (Å²) in [5.41, 5.74) is 1.03. The Morgan fingerprint density at radius 2 is 2.10 bits per heavy atom. The molecule has 1 saturated heterocycles. The maximum atomic E-state index is 12.2. The van der Waals surface area contributed by atoms with Gasteiger partial charge in [-0.25, -0.2) is 14.8 Å². The average molecular weight is 402 g/mol. The van der Waals surface area contributed by atoms with Crippen molar-refractivity contribution in [1.82, 2.24) is 25.5 Å². The van der Waals surface area contributed by atoms with Crippen LogP contribution in [0.5, 0.6) is 0 Å². The monoisotopic (exact) mass is 402 g/mol. The van der Waals surface area contributed by atoms with E-state index in [9.17, 15) is 14.4 Å². The van der Waals surface area contributed by atoms with Crippen molar-refractivity contribution < 1.29 is 19.1 Å². The van der Waals surface area contributed by atoms with Gasteiger partial charge in [0.25, 0.3) is 5.91 Å².